The monoisotopic (exact) mass is 208 g/mol. The third kappa shape index (κ3) is 4.30. The molecule has 1 unspecified atom stereocenters. The minimum Gasteiger partial charge on any atom is -0.390 e. The number of anilines is 1. The van der Waals surface area contributed by atoms with Gasteiger partial charge in [0, 0.05) is 12.6 Å². The van der Waals surface area contributed by atoms with Gasteiger partial charge in [0.25, 0.3) is 0 Å². The minimum absolute atomic E-state index is 0.485. The second kappa shape index (κ2) is 4.62. The SMILES string of the molecule is CC(C)CC(C)(O)Cc1ccnc(N)c1. The van der Waals surface area contributed by atoms with Gasteiger partial charge in [-0.05, 0) is 37.0 Å². The zero-order valence-electron chi connectivity index (χ0n) is 9.70. The molecule has 0 amide bonds. The molecule has 0 saturated heterocycles. The third-order valence-corrected chi connectivity index (χ3v) is 2.28. The lowest BCUT2D eigenvalue weighted by molar-refractivity contribution is 0.0388. The van der Waals surface area contributed by atoms with Gasteiger partial charge in [-0.1, -0.05) is 13.8 Å². The average molecular weight is 208 g/mol. The molecule has 0 aliphatic carbocycles. The van der Waals surface area contributed by atoms with Gasteiger partial charge in [-0.25, -0.2) is 4.98 Å². The smallest absolute Gasteiger partial charge is 0.123 e. The molecule has 3 nitrogen and oxygen atoms in total. The van der Waals surface area contributed by atoms with Crippen molar-refractivity contribution in [2.24, 2.45) is 5.92 Å². The lowest BCUT2D eigenvalue weighted by Gasteiger charge is -2.25. The summed E-state index contributed by atoms with van der Waals surface area (Å²) in [6.07, 6.45) is 3.09. The number of nitrogens with zero attached hydrogens (tertiary/aromatic N) is 1. The molecule has 1 aromatic heterocycles. The molecule has 0 fully saturated rings. The van der Waals surface area contributed by atoms with E-state index in [0.717, 1.165) is 12.0 Å². The molecule has 0 spiro atoms. The summed E-state index contributed by atoms with van der Waals surface area (Å²) in [6, 6.07) is 3.71. The first-order chi connectivity index (χ1) is 6.89. The molecule has 0 bridgehead atoms. The standard InChI is InChI=1S/C12H20N2O/c1-9(2)7-12(3,15)8-10-4-5-14-11(13)6-10/h4-6,9,15H,7-8H2,1-3H3,(H2,13,14). The number of hydrogen-bond donors (Lipinski definition) is 2. The first-order valence-electron chi connectivity index (χ1n) is 5.32. The molecular weight excluding hydrogens is 188 g/mol. The van der Waals surface area contributed by atoms with E-state index in [-0.39, 0.29) is 0 Å². The van der Waals surface area contributed by atoms with Crippen molar-refractivity contribution in [3.8, 4) is 0 Å². The van der Waals surface area contributed by atoms with Crippen molar-refractivity contribution < 1.29 is 5.11 Å². The summed E-state index contributed by atoms with van der Waals surface area (Å²) in [6.45, 7) is 6.08. The van der Waals surface area contributed by atoms with Gasteiger partial charge in [-0.2, -0.15) is 0 Å². The van der Waals surface area contributed by atoms with Crippen LogP contribution in [0.3, 0.4) is 0 Å². The number of hydrogen-bond acceptors (Lipinski definition) is 3. The molecule has 1 rings (SSSR count). The highest BCUT2D eigenvalue weighted by Gasteiger charge is 2.22. The predicted octanol–water partition coefficient (Wildman–Crippen LogP) is 2.00. The van der Waals surface area contributed by atoms with Gasteiger partial charge in [-0.3, -0.25) is 0 Å². The number of nitrogen functional groups attached to an aromatic ring is 1. The van der Waals surface area contributed by atoms with Crippen molar-refractivity contribution >= 4 is 5.82 Å². The molecule has 0 saturated carbocycles. The van der Waals surface area contributed by atoms with Crippen LogP contribution in [0.4, 0.5) is 5.82 Å². The Morgan fingerprint density at radius 2 is 2.20 bits per heavy atom. The Kier molecular flexibility index (Phi) is 3.69. The minimum atomic E-state index is -0.665. The van der Waals surface area contributed by atoms with Crippen LogP contribution in [-0.2, 0) is 6.42 Å². The average Bonchev–Trinajstić information content (AvgIpc) is 1.99. The van der Waals surface area contributed by atoms with Crippen LogP contribution >= 0.6 is 0 Å². The van der Waals surface area contributed by atoms with Crippen LogP contribution in [0.15, 0.2) is 18.3 Å². The van der Waals surface area contributed by atoms with E-state index in [4.69, 9.17) is 5.73 Å². The fraction of sp³-hybridized carbons (Fsp3) is 0.583. The lowest BCUT2D eigenvalue weighted by Crippen LogP contribution is -2.29. The third-order valence-electron chi connectivity index (χ3n) is 2.28. The van der Waals surface area contributed by atoms with Gasteiger partial charge in [0.15, 0.2) is 0 Å². The van der Waals surface area contributed by atoms with Crippen LogP contribution in [0.1, 0.15) is 32.8 Å². The van der Waals surface area contributed by atoms with Crippen molar-refractivity contribution in [2.75, 3.05) is 5.73 Å². The van der Waals surface area contributed by atoms with Crippen LogP contribution in [0.2, 0.25) is 0 Å². The molecule has 3 N–H and O–H groups in total. The van der Waals surface area contributed by atoms with Crippen molar-refractivity contribution in [2.45, 2.75) is 39.2 Å². The molecule has 15 heavy (non-hydrogen) atoms. The molecule has 0 aliphatic heterocycles. The van der Waals surface area contributed by atoms with Gasteiger partial charge in [-0.15, -0.1) is 0 Å². The van der Waals surface area contributed by atoms with Crippen molar-refractivity contribution in [3.05, 3.63) is 23.9 Å². The Morgan fingerprint density at radius 3 is 2.73 bits per heavy atom. The topological polar surface area (TPSA) is 59.1 Å². The van der Waals surface area contributed by atoms with Crippen molar-refractivity contribution in [1.29, 1.82) is 0 Å². The van der Waals surface area contributed by atoms with E-state index in [9.17, 15) is 5.11 Å². The molecule has 3 heteroatoms. The fourth-order valence-corrected chi connectivity index (χ4v) is 2.00. The maximum atomic E-state index is 10.2. The Hall–Kier alpha value is -1.09. The number of aromatic nitrogens is 1. The maximum absolute atomic E-state index is 10.2. The number of pyridine rings is 1. The molecule has 84 valence electrons. The summed E-state index contributed by atoms with van der Waals surface area (Å²) in [5.74, 6) is 0.993. The number of nitrogens with two attached hydrogens (primary N) is 1. The van der Waals surface area contributed by atoms with Gasteiger partial charge < -0.3 is 10.8 Å². The summed E-state index contributed by atoms with van der Waals surface area (Å²) in [7, 11) is 0. The van der Waals surface area contributed by atoms with E-state index < -0.39 is 5.60 Å². The van der Waals surface area contributed by atoms with E-state index in [1.165, 1.54) is 0 Å². The highest BCUT2D eigenvalue weighted by atomic mass is 16.3. The van der Waals surface area contributed by atoms with Gasteiger partial charge in [0.05, 0.1) is 5.60 Å². The largest absolute Gasteiger partial charge is 0.390 e. The van der Waals surface area contributed by atoms with E-state index in [1.54, 1.807) is 6.20 Å². The first-order valence-corrected chi connectivity index (χ1v) is 5.32. The maximum Gasteiger partial charge on any atom is 0.123 e. The Labute approximate surface area is 91.3 Å². The lowest BCUT2D eigenvalue weighted by atomic mass is 9.88. The molecule has 0 aromatic carbocycles. The van der Waals surface area contributed by atoms with Crippen LogP contribution < -0.4 is 5.73 Å². The fourth-order valence-electron chi connectivity index (χ4n) is 2.00. The summed E-state index contributed by atoms with van der Waals surface area (Å²) < 4.78 is 0. The number of rotatable bonds is 4. The summed E-state index contributed by atoms with van der Waals surface area (Å²) in [5, 5.41) is 10.2. The van der Waals surface area contributed by atoms with Crippen molar-refractivity contribution in [3.63, 3.8) is 0 Å². The Morgan fingerprint density at radius 1 is 1.53 bits per heavy atom. The molecule has 1 atom stereocenters. The summed E-state index contributed by atoms with van der Waals surface area (Å²) in [4.78, 5) is 3.93. The van der Waals surface area contributed by atoms with E-state index >= 15 is 0 Å². The molecule has 0 aliphatic rings. The van der Waals surface area contributed by atoms with Crippen LogP contribution in [0.5, 0.6) is 0 Å². The summed E-state index contributed by atoms with van der Waals surface area (Å²) in [5.41, 5.74) is 5.96. The zero-order chi connectivity index (χ0) is 11.5. The van der Waals surface area contributed by atoms with Crippen LogP contribution in [-0.4, -0.2) is 15.7 Å². The summed E-state index contributed by atoms with van der Waals surface area (Å²) >= 11 is 0. The second-order valence-corrected chi connectivity index (χ2v) is 4.86. The van der Waals surface area contributed by atoms with Crippen LogP contribution in [0.25, 0.3) is 0 Å². The molecule has 1 aromatic rings. The molecule has 0 radical (unpaired) electrons. The van der Waals surface area contributed by atoms with Gasteiger partial charge in [0.1, 0.15) is 5.82 Å². The van der Waals surface area contributed by atoms with E-state index in [2.05, 4.69) is 18.8 Å². The van der Waals surface area contributed by atoms with Gasteiger partial charge in [0.2, 0.25) is 0 Å². The highest BCUT2D eigenvalue weighted by molar-refractivity contribution is 5.32. The second-order valence-electron chi connectivity index (χ2n) is 4.86. The molecular formula is C12H20N2O. The predicted molar refractivity (Wildman–Crippen MR) is 62.4 cm³/mol. The van der Waals surface area contributed by atoms with Crippen molar-refractivity contribution in [1.82, 2.24) is 4.98 Å². The zero-order valence-corrected chi connectivity index (χ0v) is 9.70. The number of aliphatic hydroxyl groups is 1. The highest BCUT2D eigenvalue weighted by Crippen LogP contribution is 2.21. The molecule has 1 heterocycles. The van der Waals surface area contributed by atoms with Crippen LogP contribution in [0, 0.1) is 5.92 Å². The first kappa shape index (κ1) is 12.0. The quantitative estimate of drug-likeness (QED) is 0.795. The van der Waals surface area contributed by atoms with Gasteiger partial charge >= 0.3 is 0 Å². The van der Waals surface area contributed by atoms with E-state index in [0.29, 0.717) is 18.2 Å². The normalized spacial score (nSPS) is 15.3. The Bertz CT molecular complexity index is 321. The van der Waals surface area contributed by atoms with E-state index in [1.807, 2.05) is 19.1 Å². The Balaban J connectivity index is 2.68.